The van der Waals surface area contributed by atoms with E-state index in [1.165, 1.54) is 0 Å². The molecule has 1 rings (SSSR count). The van der Waals surface area contributed by atoms with E-state index < -0.39 is 0 Å². The number of hydrogen-bond donors (Lipinski definition) is 1. The van der Waals surface area contributed by atoms with Crippen LogP contribution in [0, 0.1) is 0 Å². The van der Waals surface area contributed by atoms with E-state index in [9.17, 15) is 0 Å². The van der Waals surface area contributed by atoms with Crippen LogP contribution in [0.25, 0.3) is 0 Å². The van der Waals surface area contributed by atoms with Gasteiger partial charge in [-0.05, 0) is 12.8 Å². The third kappa shape index (κ3) is 2.01. The van der Waals surface area contributed by atoms with E-state index in [0.29, 0.717) is 6.61 Å². The molecule has 0 unspecified atom stereocenters. The number of ether oxygens (including phenoxy) is 1. The van der Waals surface area contributed by atoms with Crippen molar-refractivity contribution in [3.05, 3.63) is 0 Å². The van der Waals surface area contributed by atoms with Crippen LogP contribution in [0.4, 0.5) is 0 Å². The fraction of sp³-hybridized carbons (Fsp3) is 0.833. The summed E-state index contributed by atoms with van der Waals surface area (Å²) in [6.07, 6.45) is 2.66. The molecule has 1 fully saturated rings. The van der Waals surface area contributed by atoms with Gasteiger partial charge in [-0.2, -0.15) is 0 Å². The number of hydrogen-bond acceptors (Lipinski definition) is 3. The Labute approximate surface area is 54.3 Å². The van der Waals surface area contributed by atoms with Crippen LogP contribution in [0.2, 0.25) is 0 Å². The molecular formula is C6H11NO2. The Bertz CT molecular complexity index is 102. The predicted molar refractivity (Wildman–Crippen MR) is 33.9 cm³/mol. The van der Waals surface area contributed by atoms with Gasteiger partial charge in [0.15, 0.2) is 0 Å². The minimum Gasteiger partial charge on any atom is -0.411 e. The summed E-state index contributed by atoms with van der Waals surface area (Å²) in [6.45, 7) is 1.51. The zero-order chi connectivity index (χ0) is 6.53. The number of rotatable bonds is 0. The molecule has 1 aliphatic rings. The van der Waals surface area contributed by atoms with Gasteiger partial charge in [-0.15, -0.1) is 0 Å². The first-order chi connectivity index (χ1) is 4.43. The molecule has 0 atom stereocenters. The van der Waals surface area contributed by atoms with Crippen molar-refractivity contribution in [1.82, 2.24) is 0 Å². The third-order valence-corrected chi connectivity index (χ3v) is 1.43. The smallest absolute Gasteiger partial charge is 0.0594 e. The fourth-order valence-electron chi connectivity index (χ4n) is 0.895. The van der Waals surface area contributed by atoms with Gasteiger partial charge in [-0.1, -0.05) is 5.16 Å². The van der Waals surface area contributed by atoms with Crippen LogP contribution in [-0.4, -0.2) is 24.1 Å². The van der Waals surface area contributed by atoms with Crippen molar-refractivity contribution in [2.24, 2.45) is 5.16 Å². The molecule has 0 radical (unpaired) electrons. The van der Waals surface area contributed by atoms with E-state index in [-0.39, 0.29) is 0 Å². The summed E-state index contributed by atoms with van der Waals surface area (Å²) in [5, 5.41) is 11.5. The van der Waals surface area contributed by atoms with E-state index >= 15 is 0 Å². The van der Waals surface area contributed by atoms with Crippen LogP contribution < -0.4 is 0 Å². The van der Waals surface area contributed by atoms with Gasteiger partial charge in [0.25, 0.3) is 0 Å². The molecule has 1 aliphatic heterocycles. The van der Waals surface area contributed by atoms with Crippen molar-refractivity contribution in [3.63, 3.8) is 0 Å². The second kappa shape index (κ2) is 3.45. The van der Waals surface area contributed by atoms with Gasteiger partial charge in [0, 0.05) is 13.0 Å². The molecule has 0 saturated carbocycles. The average Bonchev–Trinajstić information content (AvgIpc) is 2.13. The van der Waals surface area contributed by atoms with Crippen LogP contribution in [0.3, 0.4) is 0 Å². The molecule has 0 aromatic rings. The minimum atomic E-state index is 0.708. The monoisotopic (exact) mass is 129 g/mol. The summed E-state index contributed by atoms with van der Waals surface area (Å²) in [5.74, 6) is 0. The highest BCUT2D eigenvalue weighted by Gasteiger charge is 2.04. The topological polar surface area (TPSA) is 41.8 Å². The van der Waals surface area contributed by atoms with E-state index in [2.05, 4.69) is 5.16 Å². The first kappa shape index (κ1) is 6.55. The second-order valence-electron chi connectivity index (χ2n) is 2.13. The van der Waals surface area contributed by atoms with Gasteiger partial charge in [0.2, 0.25) is 0 Å². The van der Waals surface area contributed by atoms with Gasteiger partial charge >= 0.3 is 0 Å². The molecule has 0 bridgehead atoms. The normalized spacial score (nSPS) is 26.0. The highest BCUT2D eigenvalue weighted by Crippen LogP contribution is 2.03. The molecule has 0 aliphatic carbocycles. The lowest BCUT2D eigenvalue weighted by molar-refractivity contribution is 0.146. The van der Waals surface area contributed by atoms with Gasteiger partial charge in [-0.3, -0.25) is 0 Å². The molecule has 0 spiro atoms. The molecule has 9 heavy (non-hydrogen) atoms. The van der Waals surface area contributed by atoms with Crippen molar-refractivity contribution in [2.45, 2.75) is 19.3 Å². The zero-order valence-corrected chi connectivity index (χ0v) is 5.34. The molecule has 1 N–H and O–H groups in total. The molecule has 1 heterocycles. The lowest BCUT2D eigenvalue weighted by Crippen LogP contribution is -1.97. The highest BCUT2D eigenvalue weighted by molar-refractivity contribution is 5.84. The lowest BCUT2D eigenvalue weighted by atomic mass is 10.2. The van der Waals surface area contributed by atoms with Gasteiger partial charge < -0.3 is 9.94 Å². The first-order valence-electron chi connectivity index (χ1n) is 3.21. The molecule has 0 aromatic heterocycles. The van der Waals surface area contributed by atoms with Crippen molar-refractivity contribution in [1.29, 1.82) is 0 Å². The summed E-state index contributed by atoms with van der Waals surface area (Å²) in [6, 6.07) is 0. The quantitative estimate of drug-likeness (QED) is 0.392. The SMILES string of the molecule is ON=C1CCCOCC1. The predicted octanol–water partition coefficient (Wildman–Crippen LogP) is 1.02. The Kier molecular flexibility index (Phi) is 2.51. The maximum absolute atomic E-state index is 8.35. The summed E-state index contributed by atoms with van der Waals surface area (Å²) < 4.78 is 5.13. The molecule has 0 amide bonds. The maximum Gasteiger partial charge on any atom is 0.0594 e. The summed E-state index contributed by atoms with van der Waals surface area (Å²) in [5.41, 5.74) is 0.868. The Morgan fingerprint density at radius 1 is 1.33 bits per heavy atom. The van der Waals surface area contributed by atoms with Crippen molar-refractivity contribution < 1.29 is 9.94 Å². The van der Waals surface area contributed by atoms with Crippen LogP contribution >= 0.6 is 0 Å². The Morgan fingerprint density at radius 3 is 3.00 bits per heavy atom. The zero-order valence-electron chi connectivity index (χ0n) is 5.34. The molecule has 0 aromatic carbocycles. The van der Waals surface area contributed by atoms with Gasteiger partial charge in [0.05, 0.1) is 12.3 Å². The molecule has 52 valence electrons. The van der Waals surface area contributed by atoms with Crippen LogP contribution in [0.15, 0.2) is 5.16 Å². The Hall–Kier alpha value is -0.570. The molecular weight excluding hydrogens is 118 g/mol. The van der Waals surface area contributed by atoms with Crippen molar-refractivity contribution >= 4 is 5.71 Å². The van der Waals surface area contributed by atoms with Gasteiger partial charge in [0.1, 0.15) is 0 Å². The highest BCUT2D eigenvalue weighted by atomic mass is 16.5. The Morgan fingerprint density at radius 2 is 2.22 bits per heavy atom. The second-order valence-corrected chi connectivity index (χ2v) is 2.13. The standard InChI is InChI=1S/C6H11NO2/c8-7-6-2-1-4-9-5-3-6/h8H,1-5H2. The van der Waals surface area contributed by atoms with E-state index in [0.717, 1.165) is 31.6 Å². The van der Waals surface area contributed by atoms with Crippen molar-refractivity contribution in [3.8, 4) is 0 Å². The largest absolute Gasteiger partial charge is 0.411 e. The van der Waals surface area contributed by atoms with E-state index in [1.807, 2.05) is 0 Å². The minimum absolute atomic E-state index is 0.708. The molecule has 3 nitrogen and oxygen atoms in total. The van der Waals surface area contributed by atoms with Crippen LogP contribution in [-0.2, 0) is 4.74 Å². The molecule has 1 saturated heterocycles. The van der Waals surface area contributed by atoms with E-state index in [4.69, 9.17) is 9.94 Å². The average molecular weight is 129 g/mol. The number of oxime groups is 1. The maximum atomic E-state index is 8.35. The summed E-state index contributed by atoms with van der Waals surface area (Å²) in [4.78, 5) is 0. The van der Waals surface area contributed by atoms with Crippen LogP contribution in [0.1, 0.15) is 19.3 Å². The third-order valence-electron chi connectivity index (χ3n) is 1.43. The summed E-state index contributed by atoms with van der Waals surface area (Å²) >= 11 is 0. The fourth-order valence-corrected chi connectivity index (χ4v) is 0.895. The molecule has 3 heteroatoms. The summed E-state index contributed by atoms with van der Waals surface area (Å²) in [7, 11) is 0. The lowest BCUT2D eigenvalue weighted by Gasteiger charge is -1.93. The van der Waals surface area contributed by atoms with Crippen molar-refractivity contribution in [2.75, 3.05) is 13.2 Å². The first-order valence-corrected chi connectivity index (χ1v) is 3.21. The Balaban J connectivity index is 2.36. The number of nitrogens with zero attached hydrogens (tertiary/aromatic N) is 1. The van der Waals surface area contributed by atoms with Gasteiger partial charge in [-0.25, -0.2) is 0 Å². The van der Waals surface area contributed by atoms with Crippen LogP contribution in [0.5, 0.6) is 0 Å². The van der Waals surface area contributed by atoms with E-state index in [1.54, 1.807) is 0 Å².